The van der Waals surface area contributed by atoms with Gasteiger partial charge in [-0.3, -0.25) is 4.79 Å². The lowest BCUT2D eigenvalue weighted by molar-refractivity contribution is 0.104. The molecule has 2 aromatic carbocycles. The molecule has 3 heteroatoms. The quantitative estimate of drug-likeness (QED) is 0.658. The fourth-order valence-corrected chi connectivity index (χ4v) is 1.89. The molecule has 0 atom stereocenters. The molecule has 2 nitrogen and oxygen atoms in total. The molecule has 0 spiro atoms. The molecule has 0 aromatic heterocycles. The maximum Gasteiger partial charge on any atom is 0.187 e. The fraction of sp³-hybridized carbons (Fsp3) is 0.167. The molecule has 2 rings (SSSR count). The van der Waals surface area contributed by atoms with E-state index in [0.717, 1.165) is 11.1 Å². The highest BCUT2D eigenvalue weighted by atomic mass is 19.1. The van der Waals surface area contributed by atoms with E-state index < -0.39 is 0 Å². The van der Waals surface area contributed by atoms with Crippen LogP contribution in [0, 0.1) is 26.6 Å². The number of anilines is 1. The van der Waals surface area contributed by atoms with Gasteiger partial charge in [0, 0.05) is 23.5 Å². The molecule has 2 aromatic rings. The zero-order chi connectivity index (χ0) is 15.4. The van der Waals surface area contributed by atoms with Gasteiger partial charge in [0.05, 0.1) is 0 Å². The number of carbonyl (C=O) groups is 1. The molecule has 0 saturated heterocycles. The second-order valence-electron chi connectivity index (χ2n) is 5.10. The third kappa shape index (κ3) is 3.78. The summed E-state index contributed by atoms with van der Waals surface area (Å²) in [7, 11) is 0. The Balaban J connectivity index is 2.04. The molecule has 108 valence electrons. The maximum atomic E-state index is 13.4. The molecule has 0 fully saturated rings. The molecule has 0 aliphatic rings. The van der Waals surface area contributed by atoms with Crippen LogP contribution in [0.5, 0.6) is 0 Å². The Bertz CT molecular complexity index is 704. The topological polar surface area (TPSA) is 29.1 Å². The predicted octanol–water partition coefficient (Wildman–Crippen LogP) is 4.56. The van der Waals surface area contributed by atoms with Crippen molar-refractivity contribution in [3.63, 3.8) is 0 Å². The minimum Gasteiger partial charge on any atom is -0.361 e. The van der Waals surface area contributed by atoms with Crippen molar-refractivity contribution in [1.29, 1.82) is 0 Å². The van der Waals surface area contributed by atoms with E-state index in [2.05, 4.69) is 5.32 Å². The molecule has 0 bridgehead atoms. The summed E-state index contributed by atoms with van der Waals surface area (Å²) in [6, 6.07) is 10.5. The largest absolute Gasteiger partial charge is 0.361 e. The Morgan fingerprint density at radius 3 is 2.38 bits per heavy atom. The first-order valence-electron chi connectivity index (χ1n) is 6.78. The second kappa shape index (κ2) is 6.35. The number of hydrogen-bond acceptors (Lipinski definition) is 2. The van der Waals surface area contributed by atoms with Gasteiger partial charge in [0.1, 0.15) is 5.82 Å². The fourth-order valence-electron chi connectivity index (χ4n) is 1.89. The first-order chi connectivity index (χ1) is 9.97. The van der Waals surface area contributed by atoms with E-state index in [0.29, 0.717) is 16.8 Å². The van der Waals surface area contributed by atoms with Crippen LogP contribution in [0.25, 0.3) is 0 Å². The lowest BCUT2D eigenvalue weighted by atomic mass is 10.0. The molecule has 0 aliphatic carbocycles. The highest BCUT2D eigenvalue weighted by molar-refractivity contribution is 6.04. The average molecular weight is 283 g/mol. The SMILES string of the molecule is Cc1ccc(C(=O)C=CNc2ccc(C)c(F)c2)cc1C. The van der Waals surface area contributed by atoms with Gasteiger partial charge in [0.15, 0.2) is 5.78 Å². The van der Waals surface area contributed by atoms with Gasteiger partial charge in [-0.1, -0.05) is 18.2 Å². The Labute approximate surface area is 124 Å². The van der Waals surface area contributed by atoms with Crippen LogP contribution in [0.15, 0.2) is 48.7 Å². The summed E-state index contributed by atoms with van der Waals surface area (Å²) in [5, 5.41) is 2.90. The number of hydrogen-bond donors (Lipinski definition) is 1. The molecule has 21 heavy (non-hydrogen) atoms. The summed E-state index contributed by atoms with van der Waals surface area (Å²) in [5.74, 6) is -0.355. The Morgan fingerprint density at radius 2 is 1.71 bits per heavy atom. The number of nitrogens with one attached hydrogen (secondary N) is 1. The van der Waals surface area contributed by atoms with Crippen molar-refractivity contribution >= 4 is 11.5 Å². The standard InChI is InChI=1S/C18H18FNO/c1-12-4-6-15(10-14(12)3)18(21)8-9-20-16-7-5-13(2)17(19)11-16/h4-11,20H,1-3H3. The highest BCUT2D eigenvalue weighted by Gasteiger charge is 2.03. The van der Waals surface area contributed by atoms with Gasteiger partial charge in [0.25, 0.3) is 0 Å². The van der Waals surface area contributed by atoms with E-state index >= 15 is 0 Å². The van der Waals surface area contributed by atoms with Crippen LogP contribution in [0.3, 0.4) is 0 Å². The normalized spacial score (nSPS) is 10.9. The van der Waals surface area contributed by atoms with E-state index in [-0.39, 0.29) is 11.6 Å². The predicted molar refractivity (Wildman–Crippen MR) is 84.1 cm³/mol. The van der Waals surface area contributed by atoms with E-state index in [1.807, 2.05) is 26.0 Å². The summed E-state index contributed by atoms with van der Waals surface area (Å²) in [6.07, 6.45) is 2.98. The Hall–Kier alpha value is -2.42. The van der Waals surface area contributed by atoms with Crippen molar-refractivity contribution in [2.24, 2.45) is 0 Å². The number of ketones is 1. The van der Waals surface area contributed by atoms with Crippen molar-refractivity contribution in [3.8, 4) is 0 Å². The van der Waals surface area contributed by atoms with Crippen molar-refractivity contribution in [3.05, 3.63) is 76.7 Å². The number of carbonyl (C=O) groups excluding carboxylic acids is 1. The van der Waals surface area contributed by atoms with Crippen LogP contribution in [0.4, 0.5) is 10.1 Å². The van der Waals surface area contributed by atoms with Gasteiger partial charge in [-0.05, 0) is 55.7 Å². The average Bonchev–Trinajstić information content (AvgIpc) is 2.45. The summed E-state index contributed by atoms with van der Waals surface area (Å²) >= 11 is 0. The van der Waals surface area contributed by atoms with Gasteiger partial charge in [-0.25, -0.2) is 4.39 Å². The van der Waals surface area contributed by atoms with Crippen LogP contribution in [-0.4, -0.2) is 5.78 Å². The van der Waals surface area contributed by atoms with E-state index in [1.165, 1.54) is 18.3 Å². The Morgan fingerprint density at radius 1 is 1.00 bits per heavy atom. The van der Waals surface area contributed by atoms with Crippen molar-refractivity contribution in [1.82, 2.24) is 0 Å². The zero-order valence-corrected chi connectivity index (χ0v) is 12.4. The lowest BCUT2D eigenvalue weighted by Gasteiger charge is -2.03. The molecular formula is C18H18FNO. The number of benzene rings is 2. The van der Waals surface area contributed by atoms with Crippen molar-refractivity contribution in [2.45, 2.75) is 20.8 Å². The number of aryl methyl sites for hydroxylation is 3. The minimum absolute atomic E-state index is 0.0850. The maximum absolute atomic E-state index is 13.4. The second-order valence-corrected chi connectivity index (χ2v) is 5.10. The van der Waals surface area contributed by atoms with Crippen LogP contribution < -0.4 is 5.32 Å². The molecule has 0 saturated carbocycles. The summed E-state index contributed by atoms with van der Waals surface area (Å²) < 4.78 is 13.4. The molecular weight excluding hydrogens is 265 g/mol. The molecule has 0 heterocycles. The van der Waals surface area contributed by atoms with Crippen LogP contribution in [0.2, 0.25) is 0 Å². The molecule has 0 radical (unpaired) electrons. The Kier molecular flexibility index (Phi) is 4.53. The van der Waals surface area contributed by atoms with Crippen molar-refractivity contribution in [2.75, 3.05) is 5.32 Å². The van der Waals surface area contributed by atoms with E-state index in [4.69, 9.17) is 0 Å². The van der Waals surface area contributed by atoms with E-state index in [1.54, 1.807) is 25.1 Å². The number of rotatable bonds is 4. The highest BCUT2D eigenvalue weighted by Crippen LogP contribution is 2.14. The lowest BCUT2D eigenvalue weighted by Crippen LogP contribution is -1.98. The summed E-state index contributed by atoms with van der Waals surface area (Å²) in [6.45, 7) is 5.69. The summed E-state index contributed by atoms with van der Waals surface area (Å²) in [4.78, 5) is 12.0. The summed E-state index contributed by atoms with van der Waals surface area (Å²) in [5.41, 5.74) is 4.09. The van der Waals surface area contributed by atoms with Gasteiger partial charge in [-0.15, -0.1) is 0 Å². The van der Waals surface area contributed by atoms with E-state index in [9.17, 15) is 9.18 Å². The third-order valence-electron chi connectivity index (χ3n) is 3.45. The van der Waals surface area contributed by atoms with Gasteiger partial charge < -0.3 is 5.32 Å². The van der Waals surface area contributed by atoms with Crippen LogP contribution >= 0.6 is 0 Å². The zero-order valence-electron chi connectivity index (χ0n) is 12.4. The van der Waals surface area contributed by atoms with Gasteiger partial charge in [-0.2, -0.15) is 0 Å². The molecule has 1 N–H and O–H groups in total. The first kappa shape index (κ1) is 15.0. The van der Waals surface area contributed by atoms with Crippen LogP contribution in [-0.2, 0) is 0 Å². The first-order valence-corrected chi connectivity index (χ1v) is 6.78. The molecule has 0 amide bonds. The molecule has 0 unspecified atom stereocenters. The smallest absolute Gasteiger partial charge is 0.187 e. The van der Waals surface area contributed by atoms with Gasteiger partial charge in [0.2, 0.25) is 0 Å². The monoisotopic (exact) mass is 283 g/mol. The molecule has 0 aliphatic heterocycles. The minimum atomic E-state index is -0.270. The van der Waals surface area contributed by atoms with Crippen LogP contribution in [0.1, 0.15) is 27.0 Å². The number of halogens is 1. The van der Waals surface area contributed by atoms with Crippen molar-refractivity contribution < 1.29 is 9.18 Å². The third-order valence-corrected chi connectivity index (χ3v) is 3.45. The van der Waals surface area contributed by atoms with Gasteiger partial charge >= 0.3 is 0 Å². The number of allylic oxidation sites excluding steroid dienone is 1.